The van der Waals surface area contributed by atoms with E-state index in [1.54, 1.807) is 12.1 Å². The summed E-state index contributed by atoms with van der Waals surface area (Å²) in [4.78, 5) is 0. The van der Waals surface area contributed by atoms with Gasteiger partial charge >= 0.3 is 6.18 Å². The van der Waals surface area contributed by atoms with Crippen molar-refractivity contribution in [2.45, 2.75) is 31.7 Å². The molecule has 0 radical (unpaired) electrons. The number of rotatable bonds is 5. The van der Waals surface area contributed by atoms with Gasteiger partial charge in [-0.15, -0.1) is 12.4 Å². The van der Waals surface area contributed by atoms with Crippen LogP contribution < -0.4 is 5.32 Å². The first-order chi connectivity index (χ1) is 12.4. The molecular formula is C20H22ClF4NO. The summed E-state index contributed by atoms with van der Waals surface area (Å²) in [6.07, 6.45) is -2.71. The van der Waals surface area contributed by atoms with Gasteiger partial charge in [-0.1, -0.05) is 24.3 Å². The highest BCUT2D eigenvalue weighted by Gasteiger charge is 2.31. The van der Waals surface area contributed by atoms with Crippen LogP contribution in [0.1, 0.15) is 35.6 Å². The van der Waals surface area contributed by atoms with Gasteiger partial charge in [-0.3, -0.25) is 0 Å². The first-order valence-corrected chi connectivity index (χ1v) is 8.67. The maximum absolute atomic E-state index is 13.0. The van der Waals surface area contributed by atoms with Crippen molar-refractivity contribution in [3.8, 4) is 0 Å². The van der Waals surface area contributed by atoms with E-state index in [9.17, 15) is 17.6 Å². The lowest BCUT2D eigenvalue weighted by atomic mass is 9.89. The van der Waals surface area contributed by atoms with E-state index in [0.717, 1.165) is 49.2 Å². The van der Waals surface area contributed by atoms with Crippen molar-refractivity contribution >= 4 is 12.4 Å². The van der Waals surface area contributed by atoms with E-state index < -0.39 is 11.7 Å². The van der Waals surface area contributed by atoms with E-state index in [2.05, 4.69) is 5.32 Å². The van der Waals surface area contributed by atoms with E-state index in [1.807, 2.05) is 0 Å². The highest BCUT2D eigenvalue weighted by atomic mass is 35.5. The molecule has 0 amide bonds. The number of alkyl halides is 3. The lowest BCUT2D eigenvalue weighted by Crippen LogP contribution is -2.34. The average molecular weight is 404 g/mol. The van der Waals surface area contributed by atoms with Crippen molar-refractivity contribution in [3.63, 3.8) is 0 Å². The SMILES string of the molecule is Cl.Fc1ccc(COC(c2ccc(C(F)(F)F)cc2)C2CCCNC2)cc1. The highest BCUT2D eigenvalue weighted by Crippen LogP contribution is 2.34. The van der Waals surface area contributed by atoms with Gasteiger partial charge in [-0.2, -0.15) is 13.2 Å². The van der Waals surface area contributed by atoms with Gasteiger partial charge in [0.2, 0.25) is 0 Å². The molecule has 0 bridgehead atoms. The summed E-state index contributed by atoms with van der Waals surface area (Å²) in [5.74, 6) is -0.134. The van der Waals surface area contributed by atoms with Gasteiger partial charge < -0.3 is 10.1 Å². The Hall–Kier alpha value is -1.63. The standard InChI is InChI=1S/C20H21F4NO.ClH/c21-18-9-3-14(4-10-18)13-26-19(16-2-1-11-25-12-16)15-5-7-17(8-6-15)20(22,23)24;/h3-10,16,19,25H,1-2,11-13H2;1H. The second kappa shape index (κ2) is 9.53. The quantitative estimate of drug-likeness (QED) is 0.663. The number of ether oxygens (including phenoxy) is 1. The van der Waals surface area contributed by atoms with Crippen LogP contribution in [0.15, 0.2) is 48.5 Å². The van der Waals surface area contributed by atoms with Gasteiger partial charge in [-0.05, 0) is 54.8 Å². The summed E-state index contributed by atoms with van der Waals surface area (Å²) in [6, 6.07) is 11.2. The number of piperidine rings is 1. The Balaban J connectivity index is 0.00000261. The van der Waals surface area contributed by atoms with Crippen molar-refractivity contribution in [1.29, 1.82) is 0 Å². The van der Waals surface area contributed by atoms with E-state index in [4.69, 9.17) is 4.74 Å². The molecule has 2 atom stereocenters. The molecule has 0 aliphatic carbocycles. The molecule has 1 N–H and O–H groups in total. The Bertz CT molecular complexity index is 697. The first kappa shape index (κ1) is 21.7. The van der Waals surface area contributed by atoms with Crippen molar-refractivity contribution in [2.75, 3.05) is 13.1 Å². The number of halogens is 5. The van der Waals surface area contributed by atoms with Gasteiger partial charge in [-0.25, -0.2) is 4.39 Å². The molecule has 3 rings (SSSR count). The van der Waals surface area contributed by atoms with Crippen LogP contribution in [0.5, 0.6) is 0 Å². The molecule has 1 aliphatic rings. The lowest BCUT2D eigenvalue weighted by Gasteiger charge is -2.31. The van der Waals surface area contributed by atoms with Crippen LogP contribution >= 0.6 is 12.4 Å². The normalized spacial score (nSPS) is 18.6. The molecular weight excluding hydrogens is 382 g/mol. The van der Waals surface area contributed by atoms with Crippen molar-refractivity contribution < 1.29 is 22.3 Å². The van der Waals surface area contributed by atoms with Crippen LogP contribution in [0, 0.1) is 11.7 Å². The molecule has 1 aliphatic heterocycles. The summed E-state index contributed by atoms with van der Waals surface area (Å²) in [5, 5.41) is 3.32. The van der Waals surface area contributed by atoms with Gasteiger partial charge in [0.15, 0.2) is 0 Å². The molecule has 7 heteroatoms. The fraction of sp³-hybridized carbons (Fsp3) is 0.400. The molecule has 0 spiro atoms. The smallest absolute Gasteiger partial charge is 0.369 e. The molecule has 1 heterocycles. The third-order valence-electron chi connectivity index (χ3n) is 4.67. The fourth-order valence-electron chi connectivity index (χ4n) is 3.27. The third kappa shape index (κ3) is 5.92. The summed E-state index contributed by atoms with van der Waals surface area (Å²) < 4.78 is 57.5. The van der Waals surface area contributed by atoms with Gasteiger partial charge in [0.05, 0.1) is 18.3 Å². The van der Waals surface area contributed by atoms with Crippen LogP contribution in [0.4, 0.5) is 17.6 Å². The van der Waals surface area contributed by atoms with Crippen molar-refractivity contribution in [2.24, 2.45) is 5.92 Å². The van der Waals surface area contributed by atoms with Gasteiger partial charge in [0, 0.05) is 12.5 Å². The zero-order chi connectivity index (χ0) is 18.6. The number of nitrogens with one attached hydrogen (secondary N) is 1. The number of hydrogen-bond acceptors (Lipinski definition) is 2. The fourth-order valence-corrected chi connectivity index (χ4v) is 3.27. The molecule has 1 fully saturated rings. The molecule has 0 saturated carbocycles. The summed E-state index contributed by atoms with van der Waals surface area (Å²) in [7, 11) is 0. The Morgan fingerprint density at radius 2 is 1.70 bits per heavy atom. The molecule has 148 valence electrons. The minimum Gasteiger partial charge on any atom is -0.369 e. The molecule has 2 aromatic rings. The molecule has 2 unspecified atom stereocenters. The molecule has 2 aromatic carbocycles. The third-order valence-corrected chi connectivity index (χ3v) is 4.67. The van der Waals surface area contributed by atoms with Crippen LogP contribution in [0.3, 0.4) is 0 Å². The second-order valence-electron chi connectivity index (χ2n) is 6.58. The zero-order valence-corrected chi connectivity index (χ0v) is 15.5. The van der Waals surface area contributed by atoms with E-state index >= 15 is 0 Å². The summed E-state index contributed by atoms with van der Waals surface area (Å²) in [6.45, 7) is 1.98. The monoisotopic (exact) mass is 403 g/mol. The Morgan fingerprint density at radius 1 is 1.04 bits per heavy atom. The Labute approximate surface area is 162 Å². The van der Waals surface area contributed by atoms with Crippen LogP contribution in [-0.2, 0) is 17.5 Å². The highest BCUT2D eigenvalue weighted by molar-refractivity contribution is 5.85. The first-order valence-electron chi connectivity index (χ1n) is 8.67. The Kier molecular flexibility index (Phi) is 7.65. The minimum atomic E-state index is -4.35. The summed E-state index contributed by atoms with van der Waals surface area (Å²) >= 11 is 0. The van der Waals surface area contributed by atoms with Crippen molar-refractivity contribution in [3.05, 3.63) is 71.0 Å². The van der Waals surface area contributed by atoms with E-state index in [0.29, 0.717) is 0 Å². The van der Waals surface area contributed by atoms with Crippen LogP contribution in [0.25, 0.3) is 0 Å². The van der Waals surface area contributed by atoms with Gasteiger partial charge in [0.1, 0.15) is 5.82 Å². The molecule has 2 nitrogen and oxygen atoms in total. The molecule has 0 aromatic heterocycles. The van der Waals surface area contributed by atoms with Crippen molar-refractivity contribution in [1.82, 2.24) is 5.32 Å². The maximum atomic E-state index is 13.0. The number of benzene rings is 2. The summed E-state index contributed by atoms with van der Waals surface area (Å²) in [5.41, 5.74) is 0.890. The average Bonchev–Trinajstić information content (AvgIpc) is 2.64. The number of hydrogen-bond donors (Lipinski definition) is 1. The van der Waals surface area contributed by atoms with Crippen LogP contribution in [-0.4, -0.2) is 13.1 Å². The predicted octanol–water partition coefficient (Wildman–Crippen LogP) is 5.52. The lowest BCUT2D eigenvalue weighted by molar-refractivity contribution is -0.137. The second-order valence-corrected chi connectivity index (χ2v) is 6.58. The Morgan fingerprint density at radius 3 is 2.26 bits per heavy atom. The minimum absolute atomic E-state index is 0. The molecule has 27 heavy (non-hydrogen) atoms. The topological polar surface area (TPSA) is 21.3 Å². The van der Waals surface area contributed by atoms with Gasteiger partial charge in [0.25, 0.3) is 0 Å². The largest absolute Gasteiger partial charge is 0.416 e. The zero-order valence-electron chi connectivity index (χ0n) is 14.6. The predicted molar refractivity (Wildman–Crippen MR) is 98.2 cm³/mol. The van der Waals surface area contributed by atoms with E-state index in [-0.39, 0.29) is 36.9 Å². The van der Waals surface area contributed by atoms with E-state index in [1.165, 1.54) is 24.3 Å². The van der Waals surface area contributed by atoms with Crippen LogP contribution in [0.2, 0.25) is 0 Å². The molecule has 1 saturated heterocycles. The maximum Gasteiger partial charge on any atom is 0.416 e.